The third-order valence-electron chi connectivity index (χ3n) is 3.65. The molecule has 0 aliphatic carbocycles. The molecular formula is C12H22N2O4S. The van der Waals surface area contributed by atoms with Crippen LogP contribution in [0.5, 0.6) is 0 Å². The van der Waals surface area contributed by atoms with Crippen molar-refractivity contribution in [1.29, 1.82) is 0 Å². The van der Waals surface area contributed by atoms with Gasteiger partial charge in [0.2, 0.25) is 15.9 Å². The van der Waals surface area contributed by atoms with Crippen molar-refractivity contribution in [3.05, 3.63) is 0 Å². The summed E-state index contributed by atoms with van der Waals surface area (Å²) in [6, 6.07) is 0.0865. The van der Waals surface area contributed by atoms with E-state index in [-0.39, 0.29) is 35.8 Å². The van der Waals surface area contributed by atoms with E-state index in [0.29, 0.717) is 19.5 Å². The molecule has 0 aromatic carbocycles. The molecule has 0 saturated carbocycles. The molecule has 3 atom stereocenters. The number of amides is 1. The molecule has 2 aliphatic rings. The Morgan fingerprint density at radius 3 is 2.68 bits per heavy atom. The van der Waals surface area contributed by atoms with Crippen molar-refractivity contribution in [1.82, 2.24) is 9.62 Å². The Bertz CT molecular complexity index is 449. The average Bonchev–Trinajstić information content (AvgIpc) is 2.63. The molecule has 1 N–H and O–H groups in total. The van der Waals surface area contributed by atoms with E-state index in [1.165, 1.54) is 4.31 Å². The molecule has 2 bridgehead atoms. The van der Waals surface area contributed by atoms with E-state index in [4.69, 9.17) is 4.74 Å². The first-order valence-electron chi connectivity index (χ1n) is 6.77. The summed E-state index contributed by atoms with van der Waals surface area (Å²) in [5.41, 5.74) is 0. The number of hydrogen-bond donors (Lipinski definition) is 1. The molecule has 0 aromatic heterocycles. The maximum absolute atomic E-state index is 12.1. The lowest BCUT2D eigenvalue weighted by atomic mass is 9.99. The number of nitrogens with zero attached hydrogens (tertiary/aromatic N) is 1. The van der Waals surface area contributed by atoms with Gasteiger partial charge in [-0.1, -0.05) is 0 Å². The minimum absolute atomic E-state index is 0.0294. The molecule has 19 heavy (non-hydrogen) atoms. The number of fused-ring (bicyclic) bond motifs is 2. The summed E-state index contributed by atoms with van der Waals surface area (Å²) in [5.74, 6) is -0.169. The van der Waals surface area contributed by atoms with Crippen LogP contribution in [-0.4, -0.2) is 55.7 Å². The third-order valence-corrected chi connectivity index (χ3v) is 5.46. The van der Waals surface area contributed by atoms with Crippen LogP contribution in [0.2, 0.25) is 0 Å². The van der Waals surface area contributed by atoms with E-state index in [2.05, 4.69) is 5.32 Å². The van der Waals surface area contributed by atoms with E-state index in [9.17, 15) is 13.2 Å². The third kappa shape index (κ3) is 3.09. The average molecular weight is 290 g/mol. The van der Waals surface area contributed by atoms with E-state index < -0.39 is 10.0 Å². The first kappa shape index (κ1) is 14.7. The van der Waals surface area contributed by atoms with Crippen molar-refractivity contribution in [3.63, 3.8) is 0 Å². The van der Waals surface area contributed by atoms with Gasteiger partial charge in [0.05, 0.1) is 23.9 Å². The first-order valence-corrected chi connectivity index (χ1v) is 8.38. The summed E-state index contributed by atoms with van der Waals surface area (Å²) in [5, 5.41) is 2.88. The highest BCUT2D eigenvalue weighted by atomic mass is 32.2. The highest BCUT2D eigenvalue weighted by Crippen LogP contribution is 2.33. The standard InChI is InChI=1S/C12H22N2O4S/c1-4-19(16,17)14-6-9-5-10(11(7-14)18-9)12(15)13-8(2)3/h8-11H,4-7H2,1-3H3,(H,13,15)/t9-,10+,11-/m1/s1. The topological polar surface area (TPSA) is 75.7 Å². The second-order valence-electron chi connectivity index (χ2n) is 5.52. The molecule has 0 radical (unpaired) electrons. The van der Waals surface area contributed by atoms with Gasteiger partial charge >= 0.3 is 0 Å². The number of morpholine rings is 1. The normalized spacial score (nSPS) is 31.7. The van der Waals surface area contributed by atoms with Crippen LogP contribution in [-0.2, 0) is 19.6 Å². The molecule has 0 spiro atoms. The van der Waals surface area contributed by atoms with Crippen LogP contribution >= 0.6 is 0 Å². The van der Waals surface area contributed by atoms with Gasteiger partial charge in [0.15, 0.2) is 0 Å². The van der Waals surface area contributed by atoms with Crippen molar-refractivity contribution in [2.75, 3.05) is 18.8 Å². The van der Waals surface area contributed by atoms with Gasteiger partial charge < -0.3 is 10.1 Å². The zero-order chi connectivity index (χ0) is 14.2. The predicted octanol–water partition coefficient (Wildman–Crippen LogP) is -0.0500. The lowest BCUT2D eigenvalue weighted by Gasteiger charge is -2.31. The monoisotopic (exact) mass is 290 g/mol. The maximum Gasteiger partial charge on any atom is 0.226 e. The van der Waals surface area contributed by atoms with Crippen LogP contribution in [0.15, 0.2) is 0 Å². The Kier molecular flexibility index (Phi) is 4.17. The highest BCUT2D eigenvalue weighted by Gasteiger charge is 2.46. The molecule has 7 heteroatoms. The van der Waals surface area contributed by atoms with Crippen LogP contribution in [0.3, 0.4) is 0 Å². The number of rotatable bonds is 4. The predicted molar refractivity (Wildman–Crippen MR) is 71.1 cm³/mol. The SMILES string of the molecule is CCS(=O)(=O)N1C[C@H]2C[C@H](C(=O)NC(C)C)[C@@H](C1)O2. The van der Waals surface area contributed by atoms with Gasteiger partial charge in [-0.3, -0.25) is 4.79 Å². The zero-order valence-corrected chi connectivity index (χ0v) is 12.4. The van der Waals surface area contributed by atoms with Crippen LogP contribution in [0.1, 0.15) is 27.2 Å². The first-order chi connectivity index (χ1) is 8.83. The summed E-state index contributed by atoms with van der Waals surface area (Å²) in [4.78, 5) is 12.1. The van der Waals surface area contributed by atoms with E-state index >= 15 is 0 Å². The molecule has 0 unspecified atom stereocenters. The number of hydrogen-bond acceptors (Lipinski definition) is 4. The Hall–Kier alpha value is -0.660. The van der Waals surface area contributed by atoms with E-state index in [0.717, 1.165) is 0 Å². The zero-order valence-electron chi connectivity index (χ0n) is 11.6. The molecule has 2 saturated heterocycles. The Morgan fingerprint density at radius 1 is 1.42 bits per heavy atom. The second kappa shape index (κ2) is 5.38. The Balaban J connectivity index is 2.06. The van der Waals surface area contributed by atoms with Gasteiger partial charge in [0, 0.05) is 19.1 Å². The van der Waals surface area contributed by atoms with Gasteiger partial charge in [-0.15, -0.1) is 0 Å². The quantitative estimate of drug-likeness (QED) is 0.787. The maximum atomic E-state index is 12.1. The number of ether oxygens (including phenoxy) is 1. The number of nitrogens with one attached hydrogen (secondary N) is 1. The summed E-state index contributed by atoms with van der Waals surface area (Å²) < 4.78 is 31.0. The fourth-order valence-electron chi connectivity index (χ4n) is 2.70. The molecule has 2 fully saturated rings. The lowest BCUT2D eigenvalue weighted by molar-refractivity contribution is -0.127. The summed E-state index contributed by atoms with van der Waals surface area (Å²) in [6.45, 7) is 6.12. The second-order valence-corrected chi connectivity index (χ2v) is 7.78. The van der Waals surface area contributed by atoms with Crippen LogP contribution < -0.4 is 5.32 Å². The molecule has 2 heterocycles. The van der Waals surface area contributed by atoms with Gasteiger partial charge in [0.1, 0.15) is 0 Å². The minimum atomic E-state index is -3.20. The van der Waals surface area contributed by atoms with Crippen molar-refractivity contribution < 1.29 is 17.9 Å². The smallest absolute Gasteiger partial charge is 0.226 e. The number of carbonyl (C=O) groups excluding carboxylic acids is 1. The molecule has 2 aliphatic heterocycles. The van der Waals surface area contributed by atoms with E-state index in [1.54, 1.807) is 6.92 Å². The molecule has 110 valence electrons. The van der Waals surface area contributed by atoms with Gasteiger partial charge in [0.25, 0.3) is 0 Å². The van der Waals surface area contributed by atoms with Gasteiger partial charge in [-0.25, -0.2) is 8.42 Å². The van der Waals surface area contributed by atoms with Crippen LogP contribution in [0.25, 0.3) is 0 Å². The molecule has 2 rings (SSSR count). The fourth-order valence-corrected chi connectivity index (χ4v) is 3.83. The van der Waals surface area contributed by atoms with Crippen molar-refractivity contribution in [2.45, 2.75) is 45.4 Å². The van der Waals surface area contributed by atoms with Crippen LogP contribution in [0, 0.1) is 5.92 Å². The van der Waals surface area contributed by atoms with Crippen molar-refractivity contribution >= 4 is 15.9 Å². The number of carbonyl (C=O) groups is 1. The lowest BCUT2D eigenvalue weighted by Crippen LogP contribution is -2.48. The number of sulfonamides is 1. The Morgan fingerprint density at radius 2 is 2.11 bits per heavy atom. The minimum Gasteiger partial charge on any atom is -0.371 e. The summed E-state index contributed by atoms with van der Waals surface area (Å²) in [6.07, 6.45) is 0.153. The van der Waals surface area contributed by atoms with Crippen molar-refractivity contribution in [2.24, 2.45) is 5.92 Å². The Labute approximate surface area is 114 Å². The summed E-state index contributed by atoms with van der Waals surface area (Å²) in [7, 11) is -3.20. The summed E-state index contributed by atoms with van der Waals surface area (Å²) >= 11 is 0. The van der Waals surface area contributed by atoms with Crippen molar-refractivity contribution in [3.8, 4) is 0 Å². The van der Waals surface area contributed by atoms with Gasteiger partial charge in [-0.2, -0.15) is 4.31 Å². The molecule has 6 nitrogen and oxygen atoms in total. The van der Waals surface area contributed by atoms with E-state index in [1.807, 2.05) is 13.8 Å². The van der Waals surface area contributed by atoms with Crippen LogP contribution in [0.4, 0.5) is 0 Å². The highest BCUT2D eigenvalue weighted by molar-refractivity contribution is 7.89. The molecular weight excluding hydrogens is 268 g/mol. The molecule has 1 amide bonds. The van der Waals surface area contributed by atoms with Gasteiger partial charge in [-0.05, 0) is 27.2 Å². The molecule has 0 aromatic rings. The fraction of sp³-hybridized carbons (Fsp3) is 0.917. The largest absolute Gasteiger partial charge is 0.371 e.